The van der Waals surface area contributed by atoms with E-state index in [1.165, 1.54) is 13.8 Å². The Balaban J connectivity index is 3.01. The lowest BCUT2D eigenvalue weighted by atomic mass is 9.96. The van der Waals surface area contributed by atoms with Gasteiger partial charge in [0.05, 0.1) is 6.10 Å². The van der Waals surface area contributed by atoms with Gasteiger partial charge in [0.1, 0.15) is 6.04 Å². The molecule has 114 valence electrons. The van der Waals surface area contributed by atoms with Crippen molar-refractivity contribution in [2.45, 2.75) is 58.3 Å². The third-order valence-corrected chi connectivity index (χ3v) is 2.78. The van der Waals surface area contributed by atoms with Gasteiger partial charge in [0, 0.05) is 20.8 Å². The maximum Gasteiger partial charge on any atom is 0.303 e. The van der Waals surface area contributed by atoms with Gasteiger partial charge in [0.15, 0.2) is 18.5 Å². The van der Waals surface area contributed by atoms with Gasteiger partial charge >= 0.3 is 11.9 Å². The van der Waals surface area contributed by atoms with Crippen LogP contribution in [0.2, 0.25) is 0 Å². The minimum Gasteiger partial charge on any atom is -0.457 e. The van der Waals surface area contributed by atoms with Crippen LogP contribution in [0.15, 0.2) is 0 Å². The van der Waals surface area contributed by atoms with Gasteiger partial charge in [-0.3, -0.25) is 14.4 Å². The van der Waals surface area contributed by atoms with E-state index in [0.29, 0.717) is 0 Å². The third-order valence-electron chi connectivity index (χ3n) is 2.78. The van der Waals surface area contributed by atoms with E-state index in [0.717, 1.165) is 6.92 Å². The first-order valence-corrected chi connectivity index (χ1v) is 6.17. The van der Waals surface area contributed by atoms with Crippen LogP contribution in [0, 0.1) is 0 Å². The number of hydrogen-bond acceptors (Lipinski definition) is 7. The van der Waals surface area contributed by atoms with Crippen LogP contribution in [-0.4, -0.2) is 53.6 Å². The van der Waals surface area contributed by atoms with E-state index in [1.54, 1.807) is 6.92 Å². The largest absolute Gasteiger partial charge is 0.457 e. The van der Waals surface area contributed by atoms with E-state index < -0.39 is 48.5 Å². The molecule has 1 rings (SSSR count). The number of amides is 1. The highest BCUT2D eigenvalue weighted by molar-refractivity contribution is 5.74. The molecular weight excluding hydrogens is 270 g/mol. The summed E-state index contributed by atoms with van der Waals surface area (Å²) in [6, 6.07) is -0.890. The highest BCUT2D eigenvalue weighted by Gasteiger charge is 2.48. The van der Waals surface area contributed by atoms with Crippen molar-refractivity contribution < 1.29 is 33.7 Å². The Morgan fingerprint density at radius 3 is 2.00 bits per heavy atom. The zero-order chi connectivity index (χ0) is 15.4. The van der Waals surface area contributed by atoms with Gasteiger partial charge in [-0.1, -0.05) is 0 Å². The second-order valence-electron chi connectivity index (χ2n) is 4.61. The molecule has 0 radical (unpaired) electrons. The van der Waals surface area contributed by atoms with E-state index in [9.17, 15) is 19.5 Å². The lowest BCUT2D eigenvalue weighted by molar-refractivity contribution is -0.261. The van der Waals surface area contributed by atoms with E-state index in [1.807, 2.05) is 0 Å². The first kappa shape index (κ1) is 16.4. The van der Waals surface area contributed by atoms with Gasteiger partial charge in [-0.25, -0.2) is 0 Å². The first-order valence-electron chi connectivity index (χ1n) is 6.17. The molecule has 8 nitrogen and oxygen atoms in total. The first-order chi connectivity index (χ1) is 9.22. The van der Waals surface area contributed by atoms with Crippen molar-refractivity contribution in [2.75, 3.05) is 0 Å². The quantitative estimate of drug-likeness (QED) is 0.647. The summed E-state index contributed by atoms with van der Waals surface area (Å²) in [5.74, 6) is -1.63. The number of aliphatic hydroxyl groups excluding tert-OH is 1. The molecule has 20 heavy (non-hydrogen) atoms. The van der Waals surface area contributed by atoms with Crippen molar-refractivity contribution in [3.63, 3.8) is 0 Å². The van der Waals surface area contributed by atoms with Crippen molar-refractivity contribution in [3.8, 4) is 0 Å². The molecule has 0 aromatic rings. The van der Waals surface area contributed by atoms with Gasteiger partial charge in [-0.15, -0.1) is 0 Å². The van der Waals surface area contributed by atoms with Crippen molar-refractivity contribution >= 4 is 17.8 Å². The van der Waals surface area contributed by atoms with Gasteiger partial charge in [-0.05, 0) is 6.92 Å². The normalized spacial score (nSPS) is 33.1. The number of carbonyl (C=O) groups is 3. The minimum atomic E-state index is -1.42. The van der Waals surface area contributed by atoms with Crippen molar-refractivity contribution in [3.05, 3.63) is 0 Å². The summed E-state index contributed by atoms with van der Waals surface area (Å²) in [6.07, 6.45) is -4.11. The van der Waals surface area contributed by atoms with Crippen molar-refractivity contribution in [1.29, 1.82) is 0 Å². The average molecular weight is 289 g/mol. The highest BCUT2D eigenvalue weighted by atomic mass is 16.7. The molecule has 0 aromatic heterocycles. The SMILES string of the molecule is CC(=O)N[C@@H]1[C@@H](OC(C)=O)[C@@H](O)O[C@H](C)[C@H]1OC(C)=O. The number of nitrogens with one attached hydrogen (secondary N) is 1. The summed E-state index contributed by atoms with van der Waals surface area (Å²) in [6.45, 7) is 5.22. The van der Waals surface area contributed by atoms with Gasteiger partial charge in [-0.2, -0.15) is 0 Å². The molecule has 0 unspecified atom stereocenters. The van der Waals surface area contributed by atoms with E-state index in [-0.39, 0.29) is 0 Å². The zero-order valence-corrected chi connectivity index (χ0v) is 11.8. The maximum atomic E-state index is 11.3. The van der Waals surface area contributed by atoms with Crippen LogP contribution in [0.5, 0.6) is 0 Å². The Labute approximate surface area is 116 Å². The van der Waals surface area contributed by atoms with Gasteiger partial charge < -0.3 is 24.6 Å². The number of aliphatic hydroxyl groups is 1. The number of carbonyl (C=O) groups excluding carboxylic acids is 3. The molecule has 1 aliphatic rings. The van der Waals surface area contributed by atoms with Crippen molar-refractivity contribution in [2.24, 2.45) is 0 Å². The molecule has 1 heterocycles. The predicted octanol–water partition coefficient (Wildman–Crippen LogP) is -0.908. The van der Waals surface area contributed by atoms with E-state index >= 15 is 0 Å². The summed E-state index contributed by atoms with van der Waals surface area (Å²) < 4.78 is 15.2. The molecule has 0 saturated carbocycles. The number of hydrogen-bond donors (Lipinski definition) is 2. The standard InChI is InChI=1S/C12H19NO7/c1-5-10(19-7(3)15)9(13-6(2)14)11(12(17)18-5)20-8(4)16/h5,9-12,17H,1-4H3,(H,13,14)/t5-,9+,10-,11-,12+/m1/s1. The fourth-order valence-electron chi connectivity index (χ4n) is 2.11. The Hall–Kier alpha value is -1.67. The van der Waals surface area contributed by atoms with Crippen LogP contribution >= 0.6 is 0 Å². The summed E-state index contributed by atoms with van der Waals surface area (Å²) in [5, 5.41) is 12.4. The Morgan fingerprint density at radius 1 is 1.05 bits per heavy atom. The Morgan fingerprint density at radius 2 is 1.55 bits per heavy atom. The molecule has 0 aliphatic carbocycles. The molecular formula is C12H19NO7. The van der Waals surface area contributed by atoms with E-state index in [4.69, 9.17) is 14.2 Å². The molecule has 1 aliphatic heterocycles. The Bertz CT molecular complexity index is 369. The van der Waals surface area contributed by atoms with Crippen LogP contribution < -0.4 is 5.32 Å². The predicted molar refractivity (Wildman–Crippen MR) is 65.3 cm³/mol. The molecule has 0 spiro atoms. The van der Waals surface area contributed by atoms with Crippen LogP contribution in [0.25, 0.3) is 0 Å². The molecule has 0 bridgehead atoms. The molecule has 1 saturated heterocycles. The molecule has 0 aromatic carbocycles. The lowest BCUT2D eigenvalue weighted by Gasteiger charge is -2.42. The van der Waals surface area contributed by atoms with Crippen LogP contribution in [-0.2, 0) is 28.6 Å². The smallest absolute Gasteiger partial charge is 0.303 e. The monoisotopic (exact) mass is 289 g/mol. The van der Waals surface area contributed by atoms with Gasteiger partial charge in [0.25, 0.3) is 0 Å². The summed E-state index contributed by atoms with van der Waals surface area (Å²) in [4.78, 5) is 33.5. The minimum absolute atomic E-state index is 0.411. The third kappa shape index (κ3) is 4.17. The van der Waals surface area contributed by atoms with Crippen LogP contribution in [0.3, 0.4) is 0 Å². The Kier molecular flexibility index (Phi) is 5.46. The van der Waals surface area contributed by atoms with Crippen LogP contribution in [0.1, 0.15) is 27.7 Å². The number of rotatable bonds is 3. The van der Waals surface area contributed by atoms with Crippen molar-refractivity contribution in [1.82, 2.24) is 5.32 Å². The summed E-state index contributed by atoms with van der Waals surface area (Å²) in [5.41, 5.74) is 0. The topological polar surface area (TPSA) is 111 Å². The molecule has 8 heteroatoms. The summed E-state index contributed by atoms with van der Waals surface area (Å²) in [7, 11) is 0. The molecule has 2 N–H and O–H groups in total. The second kappa shape index (κ2) is 6.67. The average Bonchev–Trinajstić information content (AvgIpc) is 2.27. The maximum absolute atomic E-state index is 11.3. The summed E-state index contributed by atoms with van der Waals surface area (Å²) >= 11 is 0. The number of ether oxygens (including phenoxy) is 3. The number of esters is 2. The van der Waals surface area contributed by atoms with Crippen LogP contribution in [0.4, 0.5) is 0 Å². The fraction of sp³-hybridized carbons (Fsp3) is 0.750. The highest BCUT2D eigenvalue weighted by Crippen LogP contribution is 2.25. The molecule has 1 amide bonds. The van der Waals surface area contributed by atoms with Gasteiger partial charge in [0.2, 0.25) is 5.91 Å². The zero-order valence-electron chi connectivity index (χ0n) is 11.8. The van der Waals surface area contributed by atoms with E-state index in [2.05, 4.69) is 5.32 Å². The lowest BCUT2D eigenvalue weighted by Crippen LogP contribution is -2.65. The second-order valence-corrected chi connectivity index (χ2v) is 4.61. The molecule has 1 fully saturated rings. The molecule has 5 atom stereocenters. The fourth-order valence-corrected chi connectivity index (χ4v) is 2.11.